The van der Waals surface area contributed by atoms with Gasteiger partial charge in [0, 0.05) is 12.6 Å². The van der Waals surface area contributed by atoms with Gasteiger partial charge in [0.15, 0.2) is 11.5 Å². The Balaban J connectivity index is 1.58. The van der Waals surface area contributed by atoms with Gasteiger partial charge >= 0.3 is 0 Å². The number of amides is 1. The van der Waals surface area contributed by atoms with E-state index in [0.717, 1.165) is 35.4 Å². The molecule has 2 aromatic rings. The van der Waals surface area contributed by atoms with Crippen molar-refractivity contribution in [1.29, 1.82) is 0 Å². The Labute approximate surface area is 172 Å². The number of carbonyl (C=O) groups excluding carboxylic acids is 1. The van der Waals surface area contributed by atoms with E-state index in [4.69, 9.17) is 15.1 Å². The van der Waals surface area contributed by atoms with E-state index in [9.17, 15) is 4.79 Å². The van der Waals surface area contributed by atoms with Crippen molar-refractivity contribution in [2.75, 3.05) is 7.05 Å². The predicted molar refractivity (Wildman–Crippen MR) is 113 cm³/mol. The SMILES string of the molecule is CN1C(=O)C(c2cccc(-c3ccoc3)c2)(C2CCC3CCCCC3C2)N=C1N. The molecule has 1 aliphatic heterocycles. The van der Waals surface area contributed by atoms with Crippen LogP contribution in [-0.2, 0) is 10.3 Å². The number of aliphatic imine (C=N–C) groups is 1. The fourth-order valence-corrected chi connectivity index (χ4v) is 5.97. The quantitative estimate of drug-likeness (QED) is 0.835. The number of carbonyl (C=O) groups is 1. The second kappa shape index (κ2) is 7.05. The van der Waals surface area contributed by atoms with Gasteiger partial charge in [0.1, 0.15) is 0 Å². The molecule has 5 rings (SSSR count). The molecular formula is C24H29N3O2. The van der Waals surface area contributed by atoms with Crippen molar-refractivity contribution in [2.24, 2.45) is 28.5 Å². The van der Waals surface area contributed by atoms with Crippen LogP contribution in [0.4, 0.5) is 0 Å². The summed E-state index contributed by atoms with van der Waals surface area (Å²) in [4.78, 5) is 20.0. The third-order valence-electron chi connectivity index (χ3n) is 7.55. The molecule has 2 aliphatic carbocycles. The van der Waals surface area contributed by atoms with Crippen LogP contribution in [0.2, 0.25) is 0 Å². The third kappa shape index (κ3) is 2.90. The van der Waals surface area contributed by atoms with Crippen molar-refractivity contribution < 1.29 is 9.21 Å². The number of fused-ring (bicyclic) bond motifs is 1. The molecular weight excluding hydrogens is 362 g/mol. The van der Waals surface area contributed by atoms with Gasteiger partial charge in [-0.05, 0) is 60.3 Å². The number of likely N-dealkylation sites (N-methyl/N-ethyl adjacent to an activating group) is 1. The van der Waals surface area contributed by atoms with Crippen LogP contribution in [0.25, 0.3) is 11.1 Å². The molecule has 1 aromatic heterocycles. The summed E-state index contributed by atoms with van der Waals surface area (Å²) >= 11 is 0. The highest BCUT2D eigenvalue weighted by Gasteiger charge is 2.55. The van der Waals surface area contributed by atoms with Crippen molar-refractivity contribution in [3.8, 4) is 11.1 Å². The normalized spacial score (nSPS) is 32.2. The third-order valence-corrected chi connectivity index (χ3v) is 7.55. The summed E-state index contributed by atoms with van der Waals surface area (Å²) in [5, 5.41) is 0. The highest BCUT2D eigenvalue weighted by atomic mass is 16.3. The summed E-state index contributed by atoms with van der Waals surface area (Å²) in [5.41, 5.74) is 8.29. The van der Waals surface area contributed by atoms with Crippen LogP contribution in [0.15, 0.2) is 52.3 Å². The van der Waals surface area contributed by atoms with Gasteiger partial charge in [-0.25, -0.2) is 4.99 Å². The van der Waals surface area contributed by atoms with Gasteiger partial charge < -0.3 is 10.2 Å². The lowest BCUT2D eigenvalue weighted by atomic mass is 9.61. The summed E-state index contributed by atoms with van der Waals surface area (Å²) in [6, 6.07) is 10.2. The molecule has 0 bridgehead atoms. The fourth-order valence-electron chi connectivity index (χ4n) is 5.97. The second-order valence-corrected chi connectivity index (χ2v) is 9.01. The Hall–Kier alpha value is -2.56. The first-order valence-corrected chi connectivity index (χ1v) is 10.9. The monoisotopic (exact) mass is 391 g/mol. The number of nitrogens with two attached hydrogens (primary N) is 1. The van der Waals surface area contributed by atoms with Gasteiger partial charge in [0.25, 0.3) is 5.91 Å². The fraction of sp³-hybridized carbons (Fsp3) is 0.500. The largest absolute Gasteiger partial charge is 0.472 e. The number of furan rings is 1. The van der Waals surface area contributed by atoms with Crippen molar-refractivity contribution in [1.82, 2.24) is 4.90 Å². The average Bonchev–Trinajstić information content (AvgIpc) is 3.38. The number of hydrogen-bond donors (Lipinski definition) is 1. The van der Waals surface area contributed by atoms with E-state index < -0.39 is 5.54 Å². The molecule has 4 atom stereocenters. The number of rotatable bonds is 3. The minimum absolute atomic E-state index is 0.0126. The van der Waals surface area contributed by atoms with E-state index in [1.54, 1.807) is 19.6 Å². The Kier molecular flexibility index (Phi) is 4.49. The smallest absolute Gasteiger partial charge is 0.261 e. The Morgan fingerprint density at radius 1 is 1.10 bits per heavy atom. The van der Waals surface area contributed by atoms with Crippen LogP contribution in [0.1, 0.15) is 50.5 Å². The molecule has 0 radical (unpaired) electrons. The molecule has 4 unspecified atom stereocenters. The molecule has 2 N–H and O–H groups in total. The maximum Gasteiger partial charge on any atom is 0.261 e. The Morgan fingerprint density at radius 3 is 2.66 bits per heavy atom. The van der Waals surface area contributed by atoms with Crippen molar-refractivity contribution >= 4 is 11.9 Å². The highest BCUT2D eigenvalue weighted by Crippen LogP contribution is 2.51. The van der Waals surface area contributed by atoms with E-state index in [-0.39, 0.29) is 11.8 Å². The summed E-state index contributed by atoms with van der Waals surface area (Å²) in [5.74, 6) is 2.07. The Bertz CT molecular complexity index is 935. The van der Waals surface area contributed by atoms with Crippen molar-refractivity contribution in [3.63, 3.8) is 0 Å². The van der Waals surface area contributed by atoms with E-state index in [2.05, 4.69) is 12.1 Å². The first-order chi connectivity index (χ1) is 14.1. The second-order valence-electron chi connectivity index (χ2n) is 9.01. The van der Waals surface area contributed by atoms with Gasteiger partial charge in [-0.15, -0.1) is 0 Å². The van der Waals surface area contributed by atoms with Crippen molar-refractivity contribution in [3.05, 3.63) is 48.4 Å². The predicted octanol–water partition coefficient (Wildman–Crippen LogP) is 4.54. The van der Waals surface area contributed by atoms with Gasteiger partial charge in [0.05, 0.1) is 12.5 Å². The van der Waals surface area contributed by atoms with Gasteiger partial charge in [-0.1, -0.05) is 43.9 Å². The molecule has 1 amide bonds. The number of nitrogens with zero attached hydrogens (tertiary/aromatic N) is 2. The van der Waals surface area contributed by atoms with E-state index in [1.807, 2.05) is 18.2 Å². The molecule has 2 saturated carbocycles. The highest BCUT2D eigenvalue weighted by molar-refractivity contribution is 6.07. The van der Waals surface area contributed by atoms with Crippen LogP contribution >= 0.6 is 0 Å². The molecule has 152 valence electrons. The summed E-state index contributed by atoms with van der Waals surface area (Å²) < 4.78 is 5.27. The molecule has 1 aromatic carbocycles. The van der Waals surface area contributed by atoms with Gasteiger partial charge in [0.2, 0.25) is 0 Å². The number of guanidine groups is 1. The van der Waals surface area contributed by atoms with E-state index in [1.165, 1.54) is 37.0 Å². The Morgan fingerprint density at radius 2 is 1.93 bits per heavy atom. The summed E-state index contributed by atoms with van der Waals surface area (Å²) in [6.07, 6.45) is 12.0. The van der Waals surface area contributed by atoms with Crippen LogP contribution in [0.5, 0.6) is 0 Å². The molecule has 2 fully saturated rings. The molecule has 5 heteroatoms. The van der Waals surface area contributed by atoms with E-state index in [0.29, 0.717) is 11.9 Å². The van der Waals surface area contributed by atoms with Crippen LogP contribution < -0.4 is 5.73 Å². The summed E-state index contributed by atoms with van der Waals surface area (Å²) in [7, 11) is 1.75. The lowest BCUT2D eigenvalue weighted by Crippen LogP contribution is -2.47. The maximum absolute atomic E-state index is 13.6. The van der Waals surface area contributed by atoms with Gasteiger partial charge in [-0.3, -0.25) is 9.69 Å². The average molecular weight is 392 g/mol. The summed E-state index contributed by atoms with van der Waals surface area (Å²) in [6.45, 7) is 0. The minimum atomic E-state index is -0.902. The molecule has 0 saturated heterocycles. The molecule has 2 heterocycles. The zero-order valence-electron chi connectivity index (χ0n) is 17.0. The molecule has 29 heavy (non-hydrogen) atoms. The first-order valence-electron chi connectivity index (χ1n) is 10.9. The van der Waals surface area contributed by atoms with Crippen LogP contribution in [-0.4, -0.2) is 23.8 Å². The molecule has 0 spiro atoms. The molecule has 5 nitrogen and oxygen atoms in total. The lowest BCUT2D eigenvalue weighted by molar-refractivity contribution is -0.133. The lowest BCUT2D eigenvalue weighted by Gasteiger charge is -2.44. The van der Waals surface area contributed by atoms with Crippen LogP contribution in [0, 0.1) is 17.8 Å². The topological polar surface area (TPSA) is 71.8 Å². The minimum Gasteiger partial charge on any atom is -0.472 e. The zero-order chi connectivity index (χ0) is 20.0. The maximum atomic E-state index is 13.6. The van der Waals surface area contributed by atoms with Gasteiger partial charge in [-0.2, -0.15) is 0 Å². The first kappa shape index (κ1) is 18.5. The zero-order valence-corrected chi connectivity index (χ0v) is 17.0. The van der Waals surface area contributed by atoms with Crippen molar-refractivity contribution in [2.45, 2.75) is 50.5 Å². The standard InChI is InChI=1S/C24H29N3O2/c1-27-22(28)24(26-23(27)25,21-10-9-16-5-2-3-6-17(16)13-21)20-8-4-7-18(14-20)19-11-12-29-15-19/h4,7-8,11-12,14-17,21H,2-3,5-6,9-10,13H2,1H3,(H2,25,26). The number of hydrogen-bond acceptors (Lipinski definition) is 4. The van der Waals surface area contributed by atoms with Crippen LogP contribution in [0.3, 0.4) is 0 Å². The van der Waals surface area contributed by atoms with E-state index >= 15 is 0 Å². The number of benzene rings is 1. The molecule has 3 aliphatic rings.